The van der Waals surface area contributed by atoms with Crippen molar-refractivity contribution in [3.8, 4) is 0 Å². The van der Waals surface area contributed by atoms with Crippen LogP contribution in [0, 0.1) is 11.8 Å². The fourth-order valence-electron chi connectivity index (χ4n) is 3.01. The Labute approximate surface area is 106 Å². The molecule has 0 amide bonds. The Hall–Kier alpha value is -0.370. The topological polar surface area (TPSA) is 43.1 Å². The zero-order valence-corrected chi connectivity index (χ0v) is 11.4. The van der Waals surface area contributed by atoms with E-state index in [0.29, 0.717) is 18.2 Å². The van der Waals surface area contributed by atoms with E-state index in [1.165, 1.54) is 44.9 Å². The van der Waals surface area contributed by atoms with Crippen molar-refractivity contribution < 1.29 is 4.79 Å². The monoisotopic (exact) mass is 239 g/mol. The summed E-state index contributed by atoms with van der Waals surface area (Å²) in [6.07, 6.45) is 11.6. The van der Waals surface area contributed by atoms with E-state index >= 15 is 0 Å². The van der Waals surface area contributed by atoms with Gasteiger partial charge in [0.05, 0.1) is 0 Å². The molecular formula is C15H29NO. The van der Waals surface area contributed by atoms with Crippen molar-refractivity contribution in [3.63, 3.8) is 0 Å². The van der Waals surface area contributed by atoms with E-state index in [1.54, 1.807) is 0 Å². The Morgan fingerprint density at radius 2 is 1.94 bits per heavy atom. The standard InChI is InChI=1S/C15H29NO/c1-2-3-5-10-15(17)11-14(12-16)13-8-6-4-7-9-13/h13-14H,2-12,16H2,1H3. The van der Waals surface area contributed by atoms with Gasteiger partial charge in [-0.2, -0.15) is 0 Å². The fourth-order valence-corrected chi connectivity index (χ4v) is 3.01. The number of nitrogens with two attached hydrogens (primary N) is 1. The highest BCUT2D eigenvalue weighted by molar-refractivity contribution is 5.78. The van der Waals surface area contributed by atoms with Gasteiger partial charge in [0.15, 0.2) is 0 Å². The second-order valence-electron chi connectivity index (χ2n) is 5.59. The number of Topliss-reactive ketones (excluding diaryl/α,β-unsaturated/α-hetero) is 1. The van der Waals surface area contributed by atoms with Crippen LogP contribution < -0.4 is 5.73 Å². The molecule has 1 aliphatic rings. The summed E-state index contributed by atoms with van der Waals surface area (Å²) in [6.45, 7) is 2.87. The molecule has 17 heavy (non-hydrogen) atoms. The minimum Gasteiger partial charge on any atom is -0.330 e. The average molecular weight is 239 g/mol. The SMILES string of the molecule is CCCCCC(=O)CC(CN)C1CCCCC1. The van der Waals surface area contributed by atoms with Gasteiger partial charge < -0.3 is 5.73 Å². The Morgan fingerprint density at radius 1 is 1.24 bits per heavy atom. The summed E-state index contributed by atoms with van der Waals surface area (Å²) in [6, 6.07) is 0. The van der Waals surface area contributed by atoms with E-state index in [1.807, 2.05) is 0 Å². The molecule has 2 N–H and O–H groups in total. The first-order chi connectivity index (χ1) is 8.27. The molecule has 1 fully saturated rings. The predicted octanol–water partition coefficient (Wildman–Crippen LogP) is 3.68. The number of unbranched alkanes of at least 4 members (excludes halogenated alkanes) is 2. The minimum atomic E-state index is 0.444. The van der Waals surface area contributed by atoms with E-state index in [4.69, 9.17) is 5.73 Å². The fraction of sp³-hybridized carbons (Fsp3) is 0.933. The third kappa shape index (κ3) is 5.67. The normalized spacial score (nSPS) is 19.2. The molecule has 0 aromatic rings. The van der Waals surface area contributed by atoms with Crippen molar-refractivity contribution in [2.75, 3.05) is 6.54 Å². The zero-order chi connectivity index (χ0) is 12.5. The van der Waals surface area contributed by atoms with Crippen molar-refractivity contribution in [2.45, 2.75) is 71.1 Å². The Kier molecular flexibility index (Phi) is 7.50. The molecular weight excluding hydrogens is 210 g/mol. The lowest BCUT2D eigenvalue weighted by Gasteiger charge is -2.29. The number of hydrogen-bond acceptors (Lipinski definition) is 2. The van der Waals surface area contributed by atoms with Crippen LogP contribution in [-0.2, 0) is 4.79 Å². The van der Waals surface area contributed by atoms with E-state index in [9.17, 15) is 4.79 Å². The summed E-state index contributed by atoms with van der Waals surface area (Å²) in [5, 5.41) is 0. The van der Waals surface area contributed by atoms with Crippen molar-refractivity contribution in [1.82, 2.24) is 0 Å². The van der Waals surface area contributed by atoms with Gasteiger partial charge in [-0.1, -0.05) is 51.9 Å². The third-order valence-electron chi connectivity index (χ3n) is 4.17. The van der Waals surface area contributed by atoms with Crippen LogP contribution in [0.2, 0.25) is 0 Å². The highest BCUT2D eigenvalue weighted by atomic mass is 16.1. The van der Waals surface area contributed by atoms with E-state index in [0.717, 1.165) is 25.2 Å². The maximum atomic E-state index is 11.9. The molecule has 2 nitrogen and oxygen atoms in total. The van der Waals surface area contributed by atoms with Crippen LogP contribution >= 0.6 is 0 Å². The number of hydrogen-bond donors (Lipinski definition) is 1. The second kappa shape index (κ2) is 8.68. The van der Waals surface area contributed by atoms with Crippen molar-refractivity contribution in [3.05, 3.63) is 0 Å². The first kappa shape index (κ1) is 14.7. The molecule has 2 heteroatoms. The molecule has 100 valence electrons. The molecule has 0 aromatic heterocycles. The van der Waals surface area contributed by atoms with Gasteiger partial charge in [-0.25, -0.2) is 0 Å². The van der Waals surface area contributed by atoms with Gasteiger partial charge in [0.2, 0.25) is 0 Å². The molecule has 0 heterocycles. The molecule has 1 rings (SSSR count). The van der Waals surface area contributed by atoms with Crippen LogP contribution in [0.4, 0.5) is 0 Å². The number of carbonyl (C=O) groups is 1. The molecule has 0 aliphatic heterocycles. The number of rotatable bonds is 8. The predicted molar refractivity (Wildman–Crippen MR) is 72.9 cm³/mol. The lowest BCUT2D eigenvalue weighted by Crippen LogP contribution is -2.27. The van der Waals surface area contributed by atoms with Crippen LogP contribution in [0.15, 0.2) is 0 Å². The number of carbonyl (C=O) groups excluding carboxylic acids is 1. The highest BCUT2D eigenvalue weighted by Gasteiger charge is 2.24. The van der Waals surface area contributed by atoms with Crippen molar-refractivity contribution in [1.29, 1.82) is 0 Å². The summed E-state index contributed by atoms with van der Waals surface area (Å²) in [5.41, 5.74) is 5.85. The zero-order valence-electron chi connectivity index (χ0n) is 11.4. The Bertz CT molecular complexity index is 209. The van der Waals surface area contributed by atoms with Gasteiger partial charge in [-0.3, -0.25) is 4.79 Å². The molecule has 0 aromatic carbocycles. The summed E-state index contributed by atoms with van der Waals surface area (Å²) in [7, 11) is 0. The molecule has 0 spiro atoms. The molecule has 1 saturated carbocycles. The molecule has 0 saturated heterocycles. The van der Waals surface area contributed by atoms with Gasteiger partial charge in [0.25, 0.3) is 0 Å². The quantitative estimate of drug-likeness (QED) is 0.657. The molecule has 1 atom stereocenters. The lowest BCUT2D eigenvalue weighted by atomic mass is 9.77. The van der Waals surface area contributed by atoms with Crippen molar-refractivity contribution in [2.24, 2.45) is 17.6 Å². The van der Waals surface area contributed by atoms with Crippen LogP contribution in [0.25, 0.3) is 0 Å². The van der Waals surface area contributed by atoms with E-state index < -0.39 is 0 Å². The lowest BCUT2D eigenvalue weighted by molar-refractivity contribution is -0.120. The Balaban J connectivity index is 2.27. The van der Waals surface area contributed by atoms with Gasteiger partial charge in [0, 0.05) is 12.8 Å². The summed E-state index contributed by atoms with van der Waals surface area (Å²) in [4.78, 5) is 11.9. The smallest absolute Gasteiger partial charge is 0.133 e. The molecule has 1 aliphatic carbocycles. The molecule has 1 unspecified atom stereocenters. The summed E-state index contributed by atoms with van der Waals surface area (Å²) >= 11 is 0. The summed E-state index contributed by atoms with van der Waals surface area (Å²) in [5.74, 6) is 1.63. The van der Waals surface area contributed by atoms with Crippen LogP contribution in [-0.4, -0.2) is 12.3 Å². The van der Waals surface area contributed by atoms with Crippen LogP contribution in [0.5, 0.6) is 0 Å². The maximum absolute atomic E-state index is 11.9. The minimum absolute atomic E-state index is 0.444. The third-order valence-corrected chi connectivity index (χ3v) is 4.17. The van der Waals surface area contributed by atoms with Crippen LogP contribution in [0.1, 0.15) is 71.1 Å². The average Bonchev–Trinajstić information content (AvgIpc) is 2.37. The van der Waals surface area contributed by atoms with Crippen molar-refractivity contribution >= 4 is 5.78 Å². The maximum Gasteiger partial charge on any atom is 0.133 e. The highest BCUT2D eigenvalue weighted by Crippen LogP contribution is 2.31. The van der Waals surface area contributed by atoms with Crippen LogP contribution in [0.3, 0.4) is 0 Å². The molecule has 0 radical (unpaired) electrons. The van der Waals surface area contributed by atoms with Gasteiger partial charge in [-0.05, 0) is 24.8 Å². The summed E-state index contributed by atoms with van der Waals surface area (Å²) < 4.78 is 0. The first-order valence-electron chi connectivity index (χ1n) is 7.49. The molecule has 0 bridgehead atoms. The van der Waals surface area contributed by atoms with Gasteiger partial charge in [0.1, 0.15) is 5.78 Å². The van der Waals surface area contributed by atoms with Gasteiger partial charge in [-0.15, -0.1) is 0 Å². The second-order valence-corrected chi connectivity index (χ2v) is 5.59. The Morgan fingerprint density at radius 3 is 2.53 bits per heavy atom. The first-order valence-corrected chi connectivity index (χ1v) is 7.49. The van der Waals surface area contributed by atoms with E-state index in [-0.39, 0.29) is 0 Å². The van der Waals surface area contributed by atoms with E-state index in [2.05, 4.69) is 6.92 Å². The van der Waals surface area contributed by atoms with Gasteiger partial charge >= 0.3 is 0 Å². The number of ketones is 1. The largest absolute Gasteiger partial charge is 0.330 e.